The number of carbonyl (C=O) groups excluding carboxylic acids is 1. The van der Waals surface area contributed by atoms with Crippen LogP contribution in [0.15, 0.2) is 18.3 Å². The molecule has 0 spiro atoms. The lowest BCUT2D eigenvalue weighted by molar-refractivity contribution is -0.180. The fourth-order valence-electron chi connectivity index (χ4n) is 2.73. The number of aliphatic carboxylic acids is 1. The number of likely N-dealkylation sites (tertiary alicyclic amines) is 1. The quantitative estimate of drug-likeness (QED) is 0.625. The molecule has 1 saturated heterocycles. The van der Waals surface area contributed by atoms with E-state index in [1.54, 1.807) is 12.1 Å². The van der Waals surface area contributed by atoms with Crippen molar-refractivity contribution < 1.29 is 19.8 Å². The first-order chi connectivity index (χ1) is 11.2. The maximum absolute atomic E-state index is 12.3. The zero-order valence-electron chi connectivity index (χ0n) is 14.0. The summed E-state index contributed by atoms with van der Waals surface area (Å²) in [5, 5.41) is 22.5. The number of nitrogens with zero attached hydrogens (tertiary/aromatic N) is 2. The highest BCUT2D eigenvalue weighted by molar-refractivity contribution is 5.85. The van der Waals surface area contributed by atoms with Gasteiger partial charge in [0.2, 0.25) is 0 Å². The van der Waals surface area contributed by atoms with E-state index in [-0.39, 0.29) is 12.0 Å². The van der Waals surface area contributed by atoms with Gasteiger partial charge in [0.25, 0.3) is 0 Å². The number of carbonyl (C=O) groups is 2. The van der Waals surface area contributed by atoms with Gasteiger partial charge in [-0.2, -0.15) is 0 Å². The Labute approximate surface area is 140 Å². The second kappa shape index (κ2) is 7.04. The third-order valence-corrected chi connectivity index (χ3v) is 4.53. The van der Waals surface area contributed by atoms with Crippen molar-refractivity contribution in [2.75, 3.05) is 5.73 Å². The number of aliphatic hydroxyl groups excluding tert-OH is 1. The number of rotatable bonds is 5. The number of carboxylic acids is 1. The number of amides is 2. The van der Waals surface area contributed by atoms with Crippen LogP contribution in [-0.2, 0) is 11.2 Å². The highest BCUT2D eigenvalue weighted by Gasteiger charge is 2.54. The predicted molar refractivity (Wildman–Crippen MR) is 87.9 cm³/mol. The topological polar surface area (TPSA) is 129 Å². The van der Waals surface area contributed by atoms with E-state index in [1.807, 2.05) is 20.8 Å². The van der Waals surface area contributed by atoms with Crippen molar-refractivity contribution >= 4 is 17.8 Å². The van der Waals surface area contributed by atoms with Crippen LogP contribution in [0.25, 0.3) is 0 Å². The monoisotopic (exact) mass is 336 g/mol. The van der Waals surface area contributed by atoms with Gasteiger partial charge in [0.15, 0.2) is 0 Å². The Morgan fingerprint density at radius 2 is 2.08 bits per heavy atom. The highest BCUT2D eigenvalue weighted by atomic mass is 16.4. The Balaban J connectivity index is 2.10. The van der Waals surface area contributed by atoms with E-state index in [4.69, 9.17) is 5.73 Å². The van der Waals surface area contributed by atoms with Crippen molar-refractivity contribution in [1.82, 2.24) is 15.2 Å². The first-order valence-electron chi connectivity index (χ1n) is 7.92. The molecular formula is C16H24N4O4. The molecular weight excluding hydrogens is 312 g/mol. The number of pyridine rings is 1. The number of nitrogens with one attached hydrogen (secondary N) is 1. The summed E-state index contributed by atoms with van der Waals surface area (Å²) in [6.07, 6.45) is 0.675. The van der Waals surface area contributed by atoms with Crippen LogP contribution in [0.1, 0.15) is 26.3 Å². The van der Waals surface area contributed by atoms with Crippen molar-refractivity contribution in [1.29, 1.82) is 0 Å². The average molecular weight is 336 g/mol. The molecule has 8 heteroatoms. The Hall–Kier alpha value is -2.35. The van der Waals surface area contributed by atoms with Crippen molar-refractivity contribution in [3.8, 4) is 0 Å². The summed E-state index contributed by atoms with van der Waals surface area (Å²) in [5.74, 6) is -1.20. The highest BCUT2D eigenvalue weighted by Crippen LogP contribution is 2.34. The molecule has 2 rings (SSSR count). The number of nitrogen functional groups attached to an aromatic ring is 1. The van der Waals surface area contributed by atoms with Crippen LogP contribution >= 0.6 is 0 Å². The standard InChI is InChI=1S/C16H24N4O4/c1-8(2)9(3)19-16(24)20-13(15(22)23)11(14(20)21)6-10-4-5-18-12(17)7-10/h4-5,7-9,11,13-14,21H,6H2,1-3H3,(H2,17,18)(H,19,24)(H,22,23)/t9-,11-,13+,14?/m1/s1. The van der Waals surface area contributed by atoms with Crippen molar-refractivity contribution in [3.05, 3.63) is 23.9 Å². The zero-order chi connectivity index (χ0) is 18.0. The molecule has 24 heavy (non-hydrogen) atoms. The maximum Gasteiger partial charge on any atom is 0.327 e. The molecule has 5 N–H and O–H groups in total. The maximum atomic E-state index is 12.3. The van der Waals surface area contributed by atoms with E-state index < -0.39 is 30.2 Å². The van der Waals surface area contributed by atoms with Crippen LogP contribution in [0, 0.1) is 11.8 Å². The van der Waals surface area contributed by atoms with Crippen molar-refractivity contribution in [3.63, 3.8) is 0 Å². The van der Waals surface area contributed by atoms with E-state index >= 15 is 0 Å². The van der Waals surface area contributed by atoms with Crippen LogP contribution < -0.4 is 11.1 Å². The molecule has 0 radical (unpaired) electrons. The second-order valence-corrected chi connectivity index (χ2v) is 6.54. The smallest absolute Gasteiger partial charge is 0.327 e. The minimum Gasteiger partial charge on any atom is -0.480 e. The molecule has 4 atom stereocenters. The van der Waals surface area contributed by atoms with E-state index in [0.717, 1.165) is 10.5 Å². The van der Waals surface area contributed by atoms with E-state index in [0.29, 0.717) is 12.2 Å². The van der Waals surface area contributed by atoms with Gasteiger partial charge in [0, 0.05) is 18.2 Å². The number of hydrogen-bond donors (Lipinski definition) is 4. The molecule has 132 valence electrons. The van der Waals surface area contributed by atoms with Crippen LogP contribution in [0.4, 0.5) is 10.6 Å². The summed E-state index contributed by atoms with van der Waals surface area (Å²) in [6, 6.07) is 1.58. The first kappa shape index (κ1) is 18.0. The van der Waals surface area contributed by atoms with Gasteiger partial charge < -0.3 is 21.3 Å². The number of urea groups is 1. The number of aromatic nitrogens is 1. The molecule has 1 aliphatic heterocycles. The average Bonchev–Trinajstić information content (AvgIpc) is 2.49. The molecule has 1 aliphatic rings. The molecule has 0 aromatic carbocycles. The number of hydrogen-bond acceptors (Lipinski definition) is 5. The molecule has 0 aliphatic carbocycles. The summed E-state index contributed by atoms with van der Waals surface area (Å²) < 4.78 is 0. The lowest BCUT2D eigenvalue weighted by Gasteiger charge is -2.50. The summed E-state index contributed by atoms with van der Waals surface area (Å²) >= 11 is 0. The largest absolute Gasteiger partial charge is 0.480 e. The number of anilines is 1. The first-order valence-corrected chi connectivity index (χ1v) is 7.92. The van der Waals surface area contributed by atoms with Gasteiger partial charge in [0.1, 0.15) is 18.1 Å². The Morgan fingerprint density at radius 3 is 2.62 bits per heavy atom. The summed E-state index contributed by atoms with van der Waals surface area (Å²) in [6.45, 7) is 5.73. The SMILES string of the molecule is CC(C)[C@@H](C)NC(=O)N1C(O)[C@H](Cc2ccnc(N)c2)[C@H]1C(=O)O. The molecule has 1 aromatic rings. The normalized spacial score (nSPS) is 24.4. The number of nitrogens with two attached hydrogens (primary N) is 1. The summed E-state index contributed by atoms with van der Waals surface area (Å²) in [7, 11) is 0. The summed E-state index contributed by atoms with van der Waals surface area (Å²) in [4.78, 5) is 28.7. The number of carboxylic acid groups (broad SMARTS) is 1. The molecule has 2 heterocycles. The minimum absolute atomic E-state index is 0.127. The van der Waals surface area contributed by atoms with Gasteiger partial charge in [0.05, 0.1) is 0 Å². The van der Waals surface area contributed by atoms with Crippen LogP contribution in [0.3, 0.4) is 0 Å². The summed E-state index contributed by atoms with van der Waals surface area (Å²) in [5.41, 5.74) is 6.39. The van der Waals surface area contributed by atoms with Gasteiger partial charge >= 0.3 is 12.0 Å². The Bertz CT molecular complexity index is 622. The zero-order valence-corrected chi connectivity index (χ0v) is 14.0. The molecule has 8 nitrogen and oxygen atoms in total. The van der Waals surface area contributed by atoms with Gasteiger partial charge in [-0.05, 0) is 37.0 Å². The fraction of sp³-hybridized carbons (Fsp3) is 0.562. The molecule has 2 amide bonds. The van der Waals surface area contributed by atoms with Crippen molar-refractivity contribution in [2.45, 2.75) is 45.5 Å². The van der Waals surface area contributed by atoms with Crippen LogP contribution in [0.5, 0.6) is 0 Å². The predicted octanol–water partition coefficient (Wildman–Crippen LogP) is 0.664. The fourth-order valence-corrected chi connectivity index (χ4v) is 2.73. The second-order valence-electron chi connectivity index (χ2n) is 6.54. The van der Waals surface area contributed by atoms with E-state index in [2.05, 4.69) is 10.3 Å². The molecule has 1 fully saturated rings. The molecule has 0 bridgehead atoms. The van der Waals surface area contributed by atoms with Crippen LogP contribution in [-0.4, -0.2) is 50.4 Å². The Kier molecular flexibility index (Phi) is 5.28. The molecule has 1 aromatic heterocycles. The van der Waals surface area contributed by atoms with E-state index in [1.165, 1.54) is 6.20 Å². The third-order valence-electron chi connectivity index (χ3n) is 4.53. The molecule has 0 saturated carbocycles. The lowest BCUT2D eigenvalue weighted by Crippen LogP contribution is -2.71. The van der Waals surface area contributed by atoms with Gasteiger partial charge in [-0.15, -0.1) is 0 Å². The van der Waals surface area contributed by atoms with Crippen LogP contribution in [0.2, 0.25) is 0 Å². The van der Waals surface area contributed by atoms with Crippen molar-refractivity contribution in [2.24, 2.45) is 11.8 Å². The van der Waals surface area contributed by atoms with Gasteiger partial charge in [-0.25, -0.2) is 14.6 Å². The lowest BCUT2D eigenvalue weighted by atomic mass is 9.81. The molecule has 1 unspecified atom stereocenters. The van der Waals surface area contributed by atoms with E-state index in [9.17, 15) is 19.8 Å². The Morgan fingerprint density at radius 1 is 1.42 bits per heavy atom. The minimum atomic E-state index is -1.15. The third kappa shape index (κ3) is 3.59. The van der Waals surface area contributed by atoms with Gasteiger partial charge in [-0.3, -0.25) is 4.90 Å². The van der Waals surface area contributed by atoms with Gasteiger partial charge in [-0.1, -0.05) is 13.8 Å². The number of aliphatic hydroxyl groups is 1.